The number of nitrogens with zero attached hydrogens (tertiary/aromatic N) is 3. The minimum atomic E-state index is -0.364. The van der Waals surface area contributed by atoms with Crippen LogP contribution in [0.4, 0.5) is 4.39 Å². The second-order valence-electron chi connectivity index (χ2n) is 7.68. The molecule has 0 radical (unpaired) electrons. The van der Waals surface area contributed by atoms with Crippen LogP contribution in [-0.4, -0.2) is 27.3 Å². The Kier molecular flexibility index (Phi) is 5.41. The highest BCUT2D eigenvalue weighted by molar-refractivity contribution is 6.30. The number of fused-ring (bicyclic) bond motifs is 1. The Labute approximate surface area is 190 Å². The van der Waals surface area contributed by atoms with Gasteiger partial charge in [-0.3, -0.25) is 4.79 Å². The molecule has 1 aliphatic rings. The first-order chi connectivity index (χ1) is 15.6. The predicted molar refractivity (Wildman–Crippen MR) is 123 cm³/mol. The largest absolute Gasteiger partial charge is 0.334 e. The Morgan fingerprint density at radius 2 is 1.59 bits per heavy atom. The van der Waals surface area contributed by atoms with E-state index < -0.39 is 0 Å². The van der Waals surface area contributed by atoms with Gasteiger partial charge in [-0.25, -0.2) is 14.4 Å². The molecule has 158 valence electrons. The van der Waals surface area contributed by atoms with Crippen molar-refractivity contribution in [2.75, 3.05) is 6.54 Å². The zero-order valence-corrected chi connectivity index (χ0v) is 17.9. The van der Waals surface area contributed by atoms with Crippen LogP contribution in [0.5, 0.6) is 0 Å². The van der Waals surface area contributed by atoms with Crippen molar-refractivity contribution in [1.82, 2.24) is 14.9 Å². The zero-order chi connectivity index (χ0) is 22.1. The third kappa shape index (κ3) is 3.99. The topological polar surface area (TPSA) is 46.1 Å². The molecule has 0 saturated carbocycles. The zero-order valence-electron chi connectivity index (χ0n) is 17.1. The van der Waals surface area contributed by atoms with E-state index in [2.05, 4.69) is 0 Å². The van der Waals surface area contributed by atoms with Crippen LogP contribution in [0.15, 0.2) is 78.9 Å². The molecule has 0 N–H and O–H groups in total. The summed E-state index contributed by atoms with van der Waals surface area (Å²) >= 11 is 6.10. The maximum Gasteiger partial charge on any atom is 0.254 e. The molecule has 32 heavy (non-hydrogen) atoms. The van der Waals surface area contributed by atoms with E-state index >= 15 is 0 Å². The van der Waals surface area contributed by atoms with E-state index in [1.54, 1.807) is 4.90 Å². The van der Waals surface area contributed by atoms with E-state index in [9.17, 15) is 9.18 Å². The van der Waals surface area contributed by atoms with Gasteiger partial charge in [0.1, 0.15) is 5.82 Å². The Bertz CT molecular complexity index is 1280. The van der Waals surface area contributed by atoms with E-state index in [4.69, 9.17) is 21.6 Å². The van der Waals surface area contributed by atoms with E-state index in [0.717, 1.165) is 28.1 Å². The molecular weight excluding hydrogens is 425 g/mol. The van der Waals surface area contributed by atoms with Crippen LogP contribution in [0.3, 0.4) is 0 Å². The standard InChI is InChI=1S/C26H19ClFN3O/c27-20-10-6-17(7-11-20)24-22-16-31(26(32)19-8-12-21(28)13-9-19)15-14-23(22)29-25(30-24)18-4-2-1-3-5-18/h1-13H,14-16H2. The highest BCUT2D eigenvalue weighted by Gasteiger charge is 2.27. The molecule has 0 fully saturated rings. The van der Waals surface area contributed by atoms with Crippen molar-refractivity contribution in [2.24, 2.45) is 0 Å². The van der Waals surface area contributed by atoms with Crippen molar-refractivity contribution < 1.29 is 9.18 Å². The molecule has 4 nitrogen and oxygen atoms in total. The van der Waals surface area contributed by atoms with Crippen molar-refractivity contribution in [2.45, 2.75) is 13.0 Å². The first-order valence-electron chi connectivity index (χ1n) is 10.3. The number of hydrogen-bond acceptors (Lipinski definition) is 3. The first-order valence-corrected chi connectivity index (χ1v) is 10.7. The van der Waals surface area contributed by atoms with Crippen LogP contribution < -0.4 is 0 Å². The molecule has 0 atom stereocenters. The van der Waals surface area contributed by atoms with Crippen molar-refractivity contribution in [3.05, 3.63) is 107 Å². The van der Waals surface area contributed by atoms with Crippen molar-refractivity contribution in [3.63, 3.8) is 0 Å². The minimum Gasteiger partial charge on any atom is -0.334 e. The van der Waals surface area contributed by atoms with Crippen LogP contribution in [0, 0.1) is 5.82 Å². The summed E-state index contributed by atoms with van der Waals surface area (Å²) in [7, 11) is 0. The highest BCUT2D eigenvalue weighted by Crippen LogP contribution is 2.32. The second-order valence-corrected chi connectivity index (χ2v) is 8.11. The number of aromatic nitrogens is 2. The molecule has 1 aromatic heterocycles. The summed E-state index contributed by atoms with van der Waals surface area (Å²) in [6.45, 7) is 0.924. The molecule has 1 amide bonds. The van der Waals surface area contributed by atoms with Crippen LogP contribution >= 0.6 is 11.6 Å². The maximum absolute atomic E-state index is 13.3. The van der Waals surface area contributed by atoms with Gasteiger partial charge < -0.3 is 4.90 Å². The fourth-order valence-corrected chi connectivity index (χ4v) is 4.05. The van der Waals surface area contributed by atoms with Crippen LogP contribution in [0.25, 0.3) is 22.6 Å². The lowest BCUT2D eigenvalue weighted by Crippen LogP contribution is -2.37. The number of rotatable bonds is 3. The summed E-state index contributed by atoms with van der Waals surface area (Å²) < 4.78 is 13.3. The summed E-state index contributed by atoms with van der Waals surface area (Å²) in [6.07, 6.45) is 0.616. The van der Waals surface area contributed by atoms with Gasteiger partial charge in [-0.2, -0.15) is 0 Å². The van der Waals surface area contributed by atoms with E-state index in [1.807, 2.05) is 54.6 Å². The fourth-order valence-electron chi connectivity index (χ4n) is 3.93. The third-order valence-corrected chi connectivity index (χ3v) is 5.84. The Hall–Kier alpha value is -3.57. The van der Waals surface area contributed by atoms with Gasteiger partial charge in [0.05, 0.1) is 11.4 Å². The summed E-state index contributed by atoms with van der Waals surface area (Å²) in [5, 5.41) is 0.646. The number of amides is 1. The summed E-state index contributed by atoms with van der Waals surface area (Å²) in [5.41, 5.74) is 4.98. The molecule has 4 aromatic rings. The van der Waals surface area contributed by atoms with Gasteiger partial charge in [0.2, 0.25) is 0 Å². The average molecular weight is 444 g/mol. The number of benzene rings is 3. The minimum absolute atomic E-state index is 0.134. The molecule has 6 heteroatoms. The van der Waals surface area contributed by atoms with E-state index in [0.29, 0.717) is 35.9 Å². The monoisotopic (exact) mass is 443 g/mol. The number of hydrogen-bond donors (Lipinski definition) is 0. The number of carbonyl (C=O) groups is 1. The molecule has 0 unspecified atom stereocenters. The summed E-state index contributed by atoms with van der Waals surface area (Å²) in [5.74, 6) is 0.162. The molecule has 0 bridgehead atoms. The van der Waals surface area contributed by atoms with Crippen LogP contribution in [0.2, 0.25) is 5.02 Å². The first kappa shape index (κ1) is 20.3. The van der Waals surface area contributed by atoms with Gasteiger partial charge in [0.25, 0.3) is 5.91 Å². The number of carbonyl (C=O) groups excluding carboxylic acids is 1. The highest BCUT2D eigenvalue weighted by atomic mass is 35.5. The van der Waals surface area contributed by atoms with Crippen LogP contribution in [0.1, 0.15) is 21.6 Å². The van der Waals surface area contributed by atoms with Crippen molar-refractivity contribution in [1.29, 1.82) is 0 Å². The maximum atomic E-state index is 13.3. The smallest absolute Gasteiger partial charge is 0.254 e. The Morgan fingerprint density at radius 3 is 2.31 bits per heavy atom. The molecule has 0 saturated heterocycles. The van der Waals surface area contributed by atoms with Crippen molar-refractivity contribution >= 4 is 17.5 Å². The van der Waals surface area contributed by atoms with Gasteiger partial charge in [-0.1, -0.05) is 54.1 Å². The van der Waals surface area contributed by atoms with Gasteiger partial charge >= 0.3 is 0 Å². The molecule has 5 rings (SSSR count). The molecule has 1 aliphatic heterocycles. The fraction of sp³-hybridized carbons (Fsp3) is 0.115. The van der Waals surface area contributed by atoms with Crippen molar-refractivity contribution in [3.8, 4) is 22.6 Å². The second kappa shape index (κ2) is 8.52. The lowest BCUT2D eigenvalue weighted by atomic mass is 9.98. The Morgan fingerprint density at radius 1 is 0.875 bits per heavy atom. The molecule has 0 spiro atoms. The molecular formula is C26H19ClFN3O. The normalized spacial score (nSPS) is 13.0. The SMILES string of the molecule is O=C(c1ccc(F)cc1)N1CCc2nc(-c3ccccc3)nc(-c3ccc(Cl)cc3)c2C1. The Balaban J connectivity index is 1.57. The average Bonchev–Trinajstić information content (AvgIpc) is 2.84. The summed E-state index contributed by atoms with van der Waals surface area (Å²) in [4.78, 5) is 24.5. The van der Waals surface area contributed by atoms with Gasteiger partial charge in [-0.15, -0.1) is 0 Å². The van der Waals surface area contributed by atoms with E-state index in [-0.39, 0.29) is 11.7 Å². The number of halogens is 2. The molecule has 2 heterocycles. The lowest BCUT2D eigenvalue weighted by Gasteiger charge is -2.30. The predicted octanol–water partition coefficient (Wildman–Crippen LogP) is 5.80. The third-order valence-electron chi connectivity index (χ3n) is 5.59. The molecule has 0 aliphatic carbocycles. The van der Waals surface area contributed by atoms with E-state index in [1.165, 1.54) is 24.3 Å². The van der Waals surface area contributed by atoms with Gasteiger partial charge in [-0.05, 0) is 36.4 Å². The van der Waals surface area contributed by atoms with Crippen LogP contribution in [-0.2, 0) is 13.0 Å². The quantitative estimate of drug-likeness (QED) is 0.402. The lowest BCUT2D eigenvalue weighted by molar-refractivity contribution is 0.0733. The summed E-state index contributed by atoms with van der Waals surface area (Å²) in [6, 6.07) is 23.0. The molecule has 3 aromatic carbocycles. The van der Waals surface area contributed by atoms with Gasteiger partial charge in [0, 0.05) is 46.8 Å². The van der Waals surface area contributed by atoms with Gasteiger partial charge in [0.15, 0.2) is 5.82 Å².